The van der Waals surface area contributed by atoms with Gasteiger partial charge in [0.25, 0.3) is 5.91 Å². The third-order valence-electron chi connectivity index (χ3n) is 3.97. The highest BCUT2D eigenvalue weighted by Crippen LogP contribution is 2.33. The lowest BCUT2D eigenvalue weighted by Crippen LogP contribution is -2.24. The first kappa shape index (κ1) is 15.0. The Kier molecular flexibility index (Phi) is 4.04. The summed E-state index contributed by atoms with van der Waals surface area (Å²) in [5.74, 6) is 0.907. The highest BCUT2D eigenvalue weighted by molar-refractivity contribution is 7.99. The third kappa shape index (κ3) is 2.80. The van der Waals surface area contributed by atoms with Crippen LogP contribution < -0.4 is 5.32 Å². The number of fused-ring (bicyclic) bond motifs is 1. The topological polar surface area (TPSA) is 59.8 Å². The van der Waals surface area contributed by atoms with Gasteiger partial charge in [-0.2, -0.15) is 0 Å². The Hall–Kier alpha value is -2.60. The van der Waals surface area contributed by atoms with Gasteiger partial charge >= 0.3 is 0 Å². The molecule has 2 aromatic heterocycles. The molecule has 1 aliphatic rings. The van der Waals surface area contributed by atoms with E-state index in [2.05, 4.69) is 27.0 Å². The molecule has 0 saturated heterocycles. The van der Waals surface area contributed by atoms with Gasteiger partial charge in [-0.15, -0.1) is 0 Å². The minimum absolute atomic E-state index is 0.122. The smallest absolute Gasteiger partial charge is 0.253 e. The number of thioether (sulfide) groups is 1. The summed E-state index contributed by atoms with van der Waals surface area (Å²) in [4.78, 5) is 21.1. The first-order valence-electron chi connectivity index (χ1n) is 7.79. The van der Waals surface area contributed by atoms with Gasteiger partial charge in [-0.3, -0.25) is 9.78 Å². The summed E-state index contributed by atoms with van der Waals surface area (Å²) < 4.78 is 2.20. The highest BCUT2D eigenvalue weighted by Gasteiger charge is 2.22. The zero-order valence-electron chi connectivity index (χ0n) is 13.0. The van der Waals surface area contributed by atoms with E-state index >= 15 is 0 Å². The number of amides is 1. The van der Waals surface area contributed by atoms with E-state index in [4.69, 9.17) is 4.98 Å². The molecule has 0 fully saturated rings. The Morgan fingerprint density at radius 1 is 1.21 bits per heavy atom. The van der Waals surface area contributed by atoms with Crippen LogP contribution in [0.2, 0.25) is 0 Å². The molecule has 6 heteroatoms. The minimum Gasteiger partial charge on any atom is -0.346 e. The summed E-state index contributed by atoms with van der Waals surface area (Å²) in [5, 5.41) is 4.02. The average Bonchev–Trinajstić information content (AvgIpc) is 3.22. The molecule has 3 aromatic rings. The number of imidazole rings is 1. The fraction of sp³-hybridized carbons (Fsp3) is 0.167. The zero-order valence-corrected chi connectivity index (χ0v) is 13.8. The number of aromatic nitrogens is 3. The zero-order chi connectivity index (χ0) is 16.4. The lowest BCUT2D eigenvalue weighted by molar-refractivity contribution is 0.0949. The molecule has 0 unspecified atom stereocenters. The molecule has 120 valence electrons. The van der Waals surface area contributed by atoms with Gasteiger partial charge < -0.3 is 9.88 Å². The number of carbonyl (C=O) groups is 1. The largest absolute Gasteiger partial charge is 0.346 e. The molecule has 3 heterocycles. The van der Waals surface area contributed by atoms with Crippen molar-refractivity contribution in [1.29, 1.82) is 0 Å². The predicted molar refractivity (Wildman–Crippen MR) is 93.8 cm³/mol. The van der Waals surface area contributed by atoms with Gasteiger partial charge in [-0.05, 0) is 12.1 Å². The van der Waals surface area contributed by atoms with E-state index in [1.54, 1.807) is 36.3 Å². The Balaban J connectivity index is 1.62. The Labute approximate surface area is 144 Å². The van der Waals surface area contributed by atoms with Crippen LogP contribution in [0.5, 0.6) is 0 Å². The lowest BCUT2D eigenvalue weighted by atomic mass is 10.1. The van der Waals surface area contributed by atoms with Gasteiger partial charge in [0, 0.05) is 30.3 Å². The van der Waals surface area contributed by atoms with Crippen molar-refractivity contribution < 1.29 is 4.79 Å². The fourth-order valence-corrected chi connectivity index (χ4v) is 3.77. The van der Waals surface area contributed by atoms with Crippen LogP contribution in [-0.2, 0) is 13.1 Å². The van der Waals surface area contributed by atoms with Crippen LogP contribution in [0.15, 0.2) is 60.0 Å². The van der Waals surface area contributed by atoms with E-state index in [0.717, 1.165) is 34.4 Å². The van der Waals surface area contributed by atoms with Crippen molar-refractivity contribution in [1.82, 2.24) is 19.9 Å². The third-order valence-corrected chi connectivity index (χ3v) is 4.93. The molecule has 5 nitrogen and oxygen atoms in total. The second-order valence-corrected chi connectivity index (χ2v) is 6.54. The second kappa shape index (κ2) is 6.49. The molecule has 0 atom stereocenters. The number of rotatable bonds is 4. The minimum atomic E-state index is -0.122. The maximum atomic E-state index is 12.3. The van der Waals surface area contributed by atoms with Gasteiger partial charge in [0.05, 0.1) is 23.5 Å². The summed E-state index contributed by atoms with van der Waals surface area (Å²) >= 11 is 1.76. The second-order valence-electron chi connectivity index (χ2n) is 5.48. The molecule has 1 aliphatic heterocycles. The fourth-order valence-electron chi connectivity index (χ4n) is 2.80. The summed E-state index contributed by atoms with van der Waals surface area (Å²) in [7, 11) is 0. The van der Waals surface area contributed by atoms with E-state index in [1.807, 2.05) is 18.2 Å². The summed E-state index contributed by atoms with van der Waals surface area (Å²) in [5.41, 5.74) is 3.64. The van der Waals surface area contributed by atoms with Crippen LogP contribution >= 0.6 is 11.8 Å². The summed E-state index contributed by atoms with van der Waals surface area (Å²) in [6, 6.07) is 13.6. The Bertz CT molecular complexity index is 861. The summed E-state index contributed by atoms with van der Waals surface area (Å²) in [6.45, 7) is 1.38. The molecule has 1 amide bonds. The number of pyridine rings is 1. The first-order valence-corrected chi connectivity index (χ1v) is 8.77. The van der Waals surface area contributed by atoms with Gasteiger partial charge in [-0.25, -0.2) is 4.98 Å². The van der Waals surface area contributed by atoms with Crippen LogP contribution in [0.3, 0.4) is 0 Å². The number of nitrogens with one attached hydrogen (secondary N) is 1. The number of hydrogen-bond acceptors (Lipinski definition) is 4. The van der Waals surface area contributed by atoms with Crippen LogP contribution in [0.1, 0.15) is 16.1 Å². The van der Waals surface area contributed by atoms with Crippen molar-refractivity contribution in [3.63, 3.8) is 0 Å². The van der Waals surface area contributed by atoms with Crippen LogP contribution in [0.4, 0.5) is 0 Å². The van der Waals surface area contributed by atoms with Crippen LogP contribution in [0.25, 0.3) is 11.3 Å². The molecule has 0 bridgehead atoms. The van der Waals surface area contributed by atoms with Gasteiger partial charge in [0.1, 0.15) is 0 Å². The molecule has 0 saturated carbocycles. The molecule has 24 heavy (non-hydrogen) atoms. The highest BCUT2D eigenvalue weighted by atomic mass is 32.2. The van der Waals surface area contributed by atoms with Crippen molar-refractivity contribution >= 4 is 17.7 Å². The van der Waals surface area contributed by atoms with Gasteiger partial charge in [0.2, 0.25) is 0 Å². The van der Waals surface area contributed by atoms with E-state index in [0.29, 0.717) is 12.1 Å². The van der Waals surface area contributed by atoms with Crippen molar-refractivity contribution in [3.8, 4) is 11.3 Å². The molecule has 1 N–H and O–H groups in total. The van der Waals surface area contributed by atoms with Crippen LogP contribution in [-0.4, -0.2) is 26.2 Å². The standard InChI is InChI=1S/C18H16N4OS/c23-17(14-7-4-8-19-11-14)20-12-15-16(13-5-2-1-3-6-13)21-18-22(15)9-10-24-18/h1-8,11H,9-10,12H2,(H,20,23). The number of carbonyl (C=O) groups excluding carboxylic acids is 1. The lowest BCUT2D eigenvalue weighted by Gasteiger charge is -2.09. The maximum Gasteiger partial charge on any atom is 0.253 e. The van der Waals surface area contributed by atoms with Crippen LogP contribution in [0, 0.1) is 0 Å². The average molecular weight is 336 g/mol. The molecule has 1 aromatic carbocycles. The van der Waals surface area contributed by atoms with E-state index in [-0.39, 0.29) is 5.91 Å². The molecule has 4 rings (SSSR count). The van der Waals surface area contributed by atoms with Crippen molar-refractivity contribution in [2.24, 2.45) is 0 Å². The van der Waals surface area contributed by atoms with Crippen molar-refractivity contribution in [2.75, 3.05) is 5.75 Å². The quantitative estimate of drug-likeness (QED) is 0.796. The Morgan fingerprint density at radius 3 is 2.88 bits per heavy atom. The van der Waals surface area contributed by atoms with Gasteiger partial charge in [-0.1, -0.05) is 42.1 Å². The van der Waals surface area contributed by atoms with E-state index in [9.17, 15) is 4.79 Å². The molecule has 0 spiro atoms. The molecular formula is C18H16N4OS. The Morgan fingerprint density at radius 2 is 2.08 bits per heavy atom. The number of benzene rings is 1. The van der Waals surface area contributed by atoms with Crippen molar-refractivity contribution in [2.45, 2.75) is 18.2 Å². The van der Waals surface area contributed by atoms with E-state index < -0.39 is 0 Å². The monoisotopic (exact) mass is 336 g/mol. The van der Waals surface area contributed by atoms with Crippen molar-refractivity contribution in [3.05, 3.63) is 66.1 Å². The maximum absolute atomic E-state index is 12.3. The molecular weight excluding hydrogens is 320 g/mol. The number of nitrogens with zero attached hydrogens (tertiary/aromatic N) is 3. The van der Waals surface area contributed by atoms with Gasteiger partial charge in [0.15, 0.2) is 5.16 Å². The molecule has 0 radical (unpaired) electrons. The van der Waals surface area contributed by atoms with E-state index in [1.165, 1.54) is 0 Å². The summed E-state index contributed by atoms with van der Waals surface area (Å²) in [6.07, 6.45) is 3.23. The predicted octanol–water partition coefficient (Wildman–Crippen LogP) is 2.98. The normalized spacial score (nSPS) is 12.8. The molecule has 0 aliphatic carbocycles. The number of hydrogen-bond donors (Lipinski definition) is 1. The first-order chi connectivity index (χ1) is 11.8. The SMILES string of the molecule is O=C(NCc1c(-c2ccccc2)nc2n1CCS2)c1cccnc1.